The molecule has 3 rings (SSSR count). The summed E-state index contributed by atoms with van der Waals surface area (Å²) in [5.41, 5.74) is 3.99. The van der Waals surface area contributed by atoms with Gasteiger partial charge in [-0.1, -0.05) is 53.7 Å². The first-order chi connectivity index (χ1) is 10.7. The Bertz CT molecular complexity index is 771. The molecule has 0 radical (unpaired) electrons. The molecule has 22 heavy (non-hydrogen) atoms. The number of nitrogens with zero attached hydrogens (tertiary/aromatic N) is 1. The van der Waals surface area contributed by atoms with Crippen LogP contribution in [-0.2, 0) is 0 Å². The third kappa shape index (κ3) is 2.82. The van der Waals surface area contributed by atoms with Crippen molar-refractivity contribution in [2.24, 2.45) is 0 Å². The number of rotatable bonds is 4. The molecule has 0 spiro atoms. The van der Waals surface area contributed by atoms with E-state index in [4.69, 9.17) is 4.52 Å². The zero-order valence-electron chi connectivity index (χ0n) is 12.1. The maximum absolute atomic E-state index is 10.7. The molecule has 0 aliphatic rings. The van der Waals surface area contributed by atoms with Gasteiger partial charge in [0.15, 0.2) is 5.76 Å². The topological polar surface area (TPSA) is 63.3 Å². The van der Waals surface area contributed by atoms with E-state index in [2.05, 4.69) is 5.16 Å². The van der Waals surface area contributed by atoms with Gasteiger partial charge in [-0.05, 0) is 12.5 Å². The van der Waals surface area contributed by atoms with E-state index >= 15 is 0 Å². The molecule has 1 heterocycles. The van der Waals surface area contributed by atoms with Crippen LogP contribution in [0.25, 0.3) is 22.6 Å². The largest absolute Gasteiger partial charge is 0.389 e. The first-order valence-corrected chi connectivity index (χ1v) is 6.98. The van der Waals surface area contributed by atoms with E-state index < -0.39 is 6.10 Å². The summed E-state index contributed by atoms with van der Waals surface area (Å²) in [6.45, 7) is 1.73. The highest BCUT2D eigenvalue weighted by Crippen LogP contribution is 2.27. The van der Waals surface area contributed by atoms with Gasteiger partial charge < -0.3 is 9.63 Å². The van der Waals surface area contributed by atoms with Gasteiger partial charge in [-0.3, -0.25) is 4.79 Å². The zero-order chi connectivity index (χ0) is 15.5. The summed E-state index contributed by atoms with van der Waals surface area (Å²) >= 11 is 0. The second kappa shape index (κ2) is 5.95. The highest BCUT2D eigenvalue weighted by Gasteiger charge is 2.09. The minimum Gasteiger partial charge on any atom is -0.389 e. The molecular formula is C18H15NO3. The number of aliphatic hydroxyl groups excluding tert-OH is 1. The number of aldehydes is 1. The highest BCUT2D eigenvalue weighted by atomic mass is 16.5. The number of hydrogen-bond donors (Lipinski definition) is 1. The molecule has 0 aliphatic carbocycles. The highest BCUT2D eigenvalue weighted by molar-refractivity contribution is 5.76. The molecule has 0 amide bonds. The fourth-order valence-corrected chi connectivity index (χ4v) is 2.21. The number of carbonyl (C=O) groups is 1. The van der Waals surface area contributed by atoms with Gasteiger partial charge in [-0.25, -0.2) is 0 Å². The van der Waals surface area contributed by atoms with Crippen molar-refractivity contribution in [1.82, 2.24) is 5.16 Å². The lowest BCUT2D eigenvalue weighted by atomic mass is 10.1. The van der Waals surface area contributed by atoms with Crippen LogP contribution in [0, 0.1) is 0 Å². The Morgan fingerprint density at radius 1 is 1.05 bits per heavy atom. The smallest absolute Gasteiger partial charge is 0.167 e. The van der Waals surface area contributed by atoms with Crippen LogP contribution in [0.2, 0.25) is 0 Å². The Morgan fingerprint density at radius 2 is 1.68 bits per heavy atom. The van der Waals surface area contributed by atoms with E-state index in [-0.39, 0.29) is 0 Å². The van der Waals surface area contributed by atoms with E-state index in [0.29, 0.717) is 11.3 Å². The summed E-state index contributed by atoms with van der Waals surface area (Å²) in [5.74, 6) is 0.645. The summed E-state index contributed by atoms with van der Waals surface area (Å²) in [7, 11) is 0. The van der Waals surface area contributed by atoms with E-state index in [1.54, 1.807) is 19.1 Å². The zero-order valence-corrected chi connectivity index (χ0v) is 12.1. The van der Waals surface area contributed by atoms with Crippen molar-refractivity contribution in [3.8, 4) is 22.6 Å². The van der Waals surface area contributed by atoms with Crippen molar-refractivity contribution < 1.29 is 14.4 Å². The maximum Gasteiger partial charge on any atom is 0.167 e. The van der Waals surface area contributed by atoms with E-state index in [0.717, 1.165) is 28.7 Å². The molecule has 110 valence electrons. The minimum atomic E-state index is -0.488. The summed E-state index contributed by atoms with van der Waals surface area (Å²) in [6.07, 6.45) is 0.317. The van der Waals surface area contributed by atoms with Gasteiger partial charge in [0.2, 0.25) is 0 Å². The fourth-order valence-electron chi connectivity index (χ4n) is 2.21. The van der Waals surface area contributed by atoms with Crippen LogP contribution in [0.3, 0.4) is 0 Å². The van der Waals surface area contributed by atoms with E-state index in [9.17, 15) is 9.90 Å². The van der Waals surface area contributed by atoms with Crippen LogP contribution in [0.5, 0.6) is 0 Å². The number of benzene rings is 2. The molecule has 1 atom stereocenters. The van der Waals surface area contributed by atoms with Crippen molar-refractivity contribution in [1.29, 1.82) is 0 Å². The molecule has 3 aromatic rings. The third-order valence-corrected chi connectivity index (χ3v) is 3.53. The van der Waals surface area contributed by atoms with Gasteiger partial charge in [0, 0.05) is 22.8 Å². The normalized spacial score (nSPS) is 12.1. The maximum atomic E-state index is 10.7. The summed E-state index contributed by atoms with van der Waals surface area (Å²) in [5, 5.41) is 13.6. The van der Waals surface area contributed by atoms with Crippen LogP contribution >= 0.6 is 0 Å². The molecule has 4 nitrogen and oxygen atoms in total. The van der Waals surface area contributed by atoms with Crippen LogP contribution in [-0.4, -0.2) is 16.5 Å². The average molecular weight is 293 g/mol. The summed E-state index contributed by atoms with van der Waals surface area (Å²) in [4.78, 5) is 10.7. The van der Waals surface area contributed by atoms with Crippen molar-refractivity contribution in [2.45, 2.75) is 13.0 Å². The van der Waals surface area contributed by atoms with E-state index in [1.807, 2.05) is 42.5 Å². The number of carbonyl (C=O) groups excluding carboxylic acids is 1. The van der Waals surface area contributed by atoms with Crippen LogP contribution in [0.15, 0.2) is 59.1 Å². The molecule has 0 bridgehead atoms. The van der Waals surface area contributed by atoms with Gasteiger partial charge in [0.25, 0.3) is 0 Å². The molecule has 0 fully saturated rings. The standard InChI is InChI=1S/C18H15NO3/c1-12(21)14-6-8-15(9-7-14)17-10-18(22-19-17)16-4-2-13(11-20)3-5-16/h2-12,21H,1H3. The second-order valence-electron chi connectivity index (χ2n) is 5.11. The van der Waals surface area contributed by atoms with Crippen molar-refractivity contribution in [3.05, 3.63) is 65.7 Å². The molecule has 1 aromatic heterocycles. The summed E-state index contributed by atoms with van der Waals surface area (Å²) in [6, 6.07) is 16.5. The number of aliphatic hydroxyl groups is 1. The molecule has 0 saturated carbocycles. The van der Waals surface area contributed by atoms with Crippen molar-refractivity contribution in [3.63, 3.8) is 0 Å². The molecule has 2 aromatic carbocycles. The van der Waals surface area contributed by atoms with Crippen molar-refractivity contribution in [2.75, 3.05) is 0 Å². The molecular weight excluding hydrogens is 278 g/mol. The van der Waals surface area contributed by atoms with Gasteiger partial charge in [-0.2, -0.15) is 0 Å². The fraction of sp³-hybridized carbons (Fsp3) is 0.111. The van der Waals surface area contributed by atoms with Crippen LogP contribution in [0.1, 0.15) is 28.9 Å². The van der Waals surface area contributed by atoms with E-state index in [1.165, 1.54) is 0 Å². The lowest BCUT2D eigenvalue weighted by Gasteiger charge is -2.04. The summed E-state index contributed by atoms with van der Waals surface area (Å²) < 4.78 is 5.37. The molecule has 1 N–H and O–H groups in total. The lowest BCUT2D eigenvalue weighted by Crippen LogP contribution is -1.89. The predicted octanol–water partition coefficient (Wildman–Crippen LogP) is 3.87. The first-order valence-electron chi connectivity index (χ1n) is 6.98. The number of aromatic nitrogens is 1. The van der Waals surface area contributed by atoms with Gasteiger partial charge >= 0.3 is 0 Å². The SMILES string of the molecule is CC(O)c1ccc(-c2cc(-c3ccc(C=O)cc3)on2)cc1. The Balaban J connectivity index is 1.87. The Kier molecular flexibility index (Phi) is 3.85. The first kappa shape index (κ1) is 14.2. The Morgan fingerprint density at radius 3 is 2.27 bits per heavy atom. The van der Waals surface area contributed by atoms with Crippen molar-refractivity contribution >= 4 is 6.29 Å². The Labute approximate surface area is 128 Å². The minimum absolute atomic E-state index is 0.488. The van der Waals surface area contributed by atoms with Crippen LogP contribution in [0.4, 0.5) is 0 Å². The third-order valence-electron chi connectivity index (χ3n) is 3.53. The van der Waals surface area contributed by atoms with Crippen LogP contribution < -0.4 is 0 Å². The van der Waals surface area contributed by atoms with Gasteiger partial charge in [-0.15, -0.1) is 0 Å². The van der Waals surface area contributed by atoms with Gasteiger partial charge in [0.1, 0.15) is 12.0 Å². The number of hydrogen-bond acceptors (Lipinski definition) is 4. The second-order valence-corrected chi connectivity index (χ2v) is 5.11. The average Bonchev–Trinajstić information content (AvgIpc) is 3.05. The molecule has 1 unspecified atom stereocenters. The lowest BCUT2D eigenvalue weighted by molar-refractivity contribution is 0.112. The quantitative estimate of drug-likeness (QED) is 0.742. The Hall–Kier alpha value is -2.72. The molecule has 4 heteroatoms. The monoisotopic (exact) mass is 293 g/mol. The molecule has 0 saturated heterocycles. The van der Waals surface area contributed by atoms with Gasteiger partial charge in [0.05, 0.1) is 6.10 Å². The molecule has 0 aliphatic heterocycles. The predicted molar refractivity (Wildman–Crippen MR) is 83.4 cm³/mol.